The van der Waals surface area contributed by atoms with Gasteiger partial charge in [0.25, 0.3) is 11.7 Å². The molecule has 0 saturated carbocycles. The molecule has 0 fully saturated rings. The van der Waals surface area contributed by atoms with Crippen molar-refractivity contribution in [3.63, 3.8) is 0 Å². The van der Waals surface area contributed by atoms with Gasteiger partial charge in [0, 0.05) is 5.69 Å². The normalized spacial score (nSPS) is 11.1. The van der Waals surface area contributed by atoms with Crippen LogP contribution in [0.25, 0.3) is 5.78 Å². The van der Waals surface area contributed by atoms with Crippen LogP contribution in [0.5, 0.6) is 0 Å². The molecule has 0 bridgehead atoms. The van der Waals surface area contributed by atoms with Gasteiger partial charge in [-0.2, -0.15) is 9.50 Å². The zero-order valence-electron chi connectivity index (χ0n) is 15.7. The Hall–Kier alpha value is -2.77. The second kappa shape index (κ2) is 7.33. The molecule has 0 aliphatic carbocycles. The minimum Gasteiger partial charge on any atom is -0.300 e. The second-order valence-electron chi connectivity index (χ2n) is 6.54. The first-order valence-electron chi connectivity index (χ1n) is 8.74. The van der Waals surface area contributed by atoms with Gasteiger partial charge in [-0.05, 0) is 44.4 Å². The smallest absolute Gasteiger partial charge is 0.268 e. The number of halogens is 1. The molecule has 4 rings (SSSR count). The summed E-state index contributed by atoms with van der Waals surface area (Å²) in [6.45, 7) is 5.96. The Balaban J connectivity index is 1.75. The Bertz CT molecular complexity index is 1150. The van der Waals surface area contributed by atoms with E-state index in [0.29, 0.717) is 27.2 Å². The maximum atomic E-state index is 13.1. The SMILES string of the molecule is Cc1ccc(N(Cc2nc3nc(C)c(Cl)c(C)n3n2)C(=O)c2cccs2)cc1. The van der Waals surface area contributed by atoms with Crippen molar-refractivity contribution in [1.82, 2.24) is 19.6 Å². The van der Waals surface area contributed by atoms with Crippen LogP contribution < -0.4 is 4.90 Å². The highest BCUT2D eigenvalue weighted by molar-refractivity contribution is 7.12. The van der Waals surface area contributed by atoms with E-state index in [9.17, 15) is 4.79 Å². The summed E-state index contributed by atoms with van der Waals surface area (Å²) in [4.78, 5) is 24.4. The van der Waals surface area contributed by atoms with E-state index in [0.717, 1.165) is 16.9 Å². The lowest BCUT2D eigenvalue weighted by molar-refractivity contribution is 0.0988. The second-order valence-corrected chi connectivity index (χ2v) is 7.87. The van der Waals surface area contributed by atoms with Crippen LogP contribution in [0.3, 0.4) is 0 Å². The summed E-state index contributed by atoms with van der Waals surface area (Å²) >= 11 is 7.70. The molecule has 0 radical (unpaired) electrons. The molecule has 0 aliphatic rings. The van der Waals surface area contributed by atoms with Crippen LogP contribution in [0.2, 0.25) is 5.02 Å². The fourth-order valence-electron chi connectivity index (χ4n) is 2.94. The molecule has 4 aromatic rings. The summed E-state index contributed by atoms with van der Waals surface area (Å²) in [5.41, 5.74) is 3.40. The number of hydrogen-bond donors (Lipinski definition) is 0. The van der Waals surface area contributed by atoms with Crippen molar-refractivity contribution in [2.45, 2.75) is 27.3 Å². The van der Waals surface area contributed by atoms with Crippen molar-refractivity contribution in [1.29, 1.82) is 0 Å². The summed E-state index contributed by atoms with van der Waals surface area (Å²) in [6, 6.07) is 11.5. The maximum Gasteiger partial charge on any atom is 0.268 e. The highest BCUT2D eigenvalue weighted by Crippen LogP contribution is 2.23. The molecule has 1 amide bonds. The first kappa shape index (κ1) is 18.6. The summed E-state index contributed by atoms with van der Waals surface area (Å²) in [7, 11) is 0. The third-order valence-electron chi connectivity index (χ3n) is 4.48. The van der Waals surface area contributed by atoms with E-state index in [1.54, 1.807) is 9.42 Å². The largest absolute Gasteiger partial charge is 0.300 e. The van der Waals surface area contributed by atoms with E-state index >= 15 is 0 Å². The van der Waals surface area contributed by atoms with Gasteiger partial charge in [-0.25, -0.2) is 4.98 Å². The van der Waals surface area contributed by atoms with E-state index in [4.69, 9.17) is 11.6 Å². The molecular formula is C20H18ClN5OS. The van der Waals surface area contributed by atoms with Crippen molar-refractivity contribution in [2.24, 2.45) is 0 Å². The van der Waals surface area contributed by atoms with Crippen molar-refractivity contribution < 1.29 is 4.79 Å². The highest BCUT2D eigenvalue weighted by Gasteiger charge is 2.22. The topological polar surface area (TPSA) is 63.4 Å². The van der Waals surface area contributed by atoms with Gasteiger partial charge in [-0.15, -0.1) is 16.4 Å². The lowest BCUT2D eigenvalue weighted by Crippen LogP contribution is -2.30. The Labute approximate surface area is 171 Å². The Kier molecular flexibility index (Phi) is 4.87. The molecular weight excluding hydrogens is 394 g/mol. The summed E-state index contributed by atoms with van der Waals surface area (Å²) in [5.74, 6) is 0.890. The van der Waals surface area contributed by atoms with Crippen LogP contribution in [0.1, 0.15) is 32.4 Å². The monoisotopic (exact) mass is 411 g/mol. The van der Waals surface area contributed by atoms with Crippen LogP contribution >= 0.6 is 22.9 Å². The minimum atomic E-state index is -0.0865. The molecule has 0 saturated heterocycles. The third kappa shape index (κ3) is 3.39. The number of nitrogens with zero attached hydrogens (tertiary/aromatic N) is 5. The average Bonchev–Trinajstić information content (AvgIpc) is 3.35. The quantitative estimate of drug-likeness (QED) is 0.492. The predicted molar refractivity (Wildman–Crippen MR) is 111 cm³/mol. The van der Waals surface area contributed by atoms with Gasteiger partial charge >= 0.3 is 0 Å². The number of aromatic nitrogens is 4. The molecule has 0 unspecified atom stereocenters. The van der Waals surface area contributed by atoms with E-state index in [2.05, 4.69) is 15.1 Å². The number of fused-ring (bicyclic) bond motifs is 1. The van der Waals surface area contributed by atoms with E-state index < -0.39 is 0 Å². The number of anilines is 1. The van der Waals surface area contributed by atoms with Crippen molar-refractivity contribution in [3.8, 4) is 0 Å². The molecule has 0 spiro atoms. The Morgan fingerprint density at radius 3 is 2.57 bits per heavy atom. The van der Waals surface area contributed by atoms with Crippen molar-refractivity contribution >= 4 is 40.3 Å². The summed E-state index contributed by atoms with van der Waals surface area (Å²) < 4.78 is 1.62. The number of carbonyl (C=O) groups is 1. The molecule has 3 aromatic heterocycles. The number of carbonyl (C=O) groups excluding carboxylic acids is 1. The number of aryl methyl sites for hydroxylation is 3. The first-order valence-corrected chi connectivity index (χ1v) is 10.00. The minimum absolute atomic E-state index is 0.0865. The van der Waals surface area contributed by atoms with E-state index in [-0.39, 0.29) is 12.5 Å². The number of amides is 1. The van der Waals surface area contributed by atoms with Gasteiger partial charge in [0.2, 0.25) is 0 Å². The van der Waals surface area contributed by atoms with Gasteiger partial charge in [-0.1, -0.05) is 35.4 Å². The molecule has 3 heterocycles. The lowest BCUT2D eigenvalue weighted by atomic mass is 10.2. The van der Waals surface area contributed by atoms with Gasteiger partial charge in [0.15, 0.2) is 5.82 Å². The van der Waals surface area contributed by atoms with Crippen molar-refractivity contribution in [3.05, 3.63) is 74.5 Å². The van der Waals surface area contributed by atoms with Crippen LogP contribution in [-0.2, 0) is 6.54 Å². The standard InChI is InChI=1S/C20H18ClN5OS/c1-12-6-8-15(9-7-12)25(19(27)16-5-4-10-28-16)11-17-23-20-22-13(2)18(21)14(3)26(20)24-17/h4-10H,11H2,1-3H3. The molecule has 0 atom stereocenters. The lowest BCUT2D eigenvalue weighted by Gasteiger charge is -2.21. The highest BCUT2D eigenvalue weighted by atomic mass is 35.5. The fraction of sp³-hybridized carbons (Fsp3) is 0.200. The summed E-state index contributed by atoms with van der Waals surface area (Å²) in [6.07, 6.45) is 0. The van der Waals surface area contributed by atoms with E-state index in [1.807, 2.05) is 62.5 Å². The fourth-order valence-corrected chi connectivity index (χ4v) is 3.74. The number of benzene rings is 1. The molecule has 1 aromatic carbocycles. The zero-order valence-corrected chi connectivity index (χ0v) is 17.3. The first-order chi connectivity index (χ1) is 13.4. The van der Waals surface area contributed by atoms with Crippen molar-refractivity contribution in [2.75, 3.05) is 4.90 Å². The third-order valence-corrected chi connectivity index (χ3v) is 5.88. The number of rotatable bonds is 4. The van der Waals surface area contributed by atoms with Gasteiger partial charge in [-0.3, -0.25) is 9.69 Å². The molecule has 142 valence electrons. The van der Waals surface area contributed by atoms with Gasteiger partial charge in [0.05, 0.1) is 27.8 Å². The molecule has 28 heavy (non-hydrogen) atoms. The number of hydrogen-bond acceptors (Lipinski definition) is 5. The summed E-state index contributed by atoms with van der Waals surface area (Å²) in [5, 5.41) is 6.98. The van der Waals surface area contributed by atoms with Crippen LogP contribution in [0, 0.1) is 20.8 Å². The number of thiophene rings is 1. The molecule has 0 N–H and O–H groups in total. The van der Waals surface area contributed by atoms with Crippen LogP contribution in [0.4, 0.5) is 5.69 Å². The molecule has 8 heteroatoms. The molecule has 0 aliphatic heterocycles. The Morgan fingerprint density at radius 2 is 1.89 bits per heavy atom. The maximum absolute atomic E-state index is 13.1. The zero-order chi connectivity index (χ0) is 19.8. The Morgan fingerprint density at radius 1 is 1.14 bits per heavy atom. The predicted octanol–water partition coefficient (Wildman–Crippen LogP) is 4.61. The average molecular weight is 412 g/mol. The molecule has 6 nitrogen and oxygen atoms in total. The van der Waals surface area contributed by atoms with Gasteiger partial charge in [0.1, 0.15) is 0 Å². The van der Waals surface area contributed by atoms with E-state index in [1.165, 1.54) is 11.3 Å². The van der Waals surface area contributed by atoms with Crippen LogP contribution in [-0.4, -0.2) is 25.5 Å². The van der Waals surface area contributed by atoms with Crippen LogP contribution in [0.15, 0.2) is 41.8 Å². The van der Waals surface area contributed by atoms with Gasteiger partial charge < -0.3 is 0 Å².